The van der Waals surface area contributed by atoms with Crippen LogP contribution in [0.3, 0.4) is 0 Å². The molecule has 4 nitrogen and oxygen atoms in total. The zero-order chi connectivity index (χ0) is 16.0. The average Bonchev–Trinajstić information content (AvgIpc) is 2.67. The SMILES string of the molecule is COC[C@@H]1CCS(=O)(=O)C12CN(Cc1ccc(Cl)c(F)c1)C2. The van der Waals surface area contributed by atoms with E-state index in [0.29, 0.717) is 32.7 Å². The van der Waals surface area contributed by atoms with Crippen molar-refractivity contribution in [1.29, 1.82) is 0 Å². The van der Waals surface area contributed by atoms with E-state index in [1.165, 1.54) is 12.1 Å². The van der Waals surface area contributed by atoms with Crippen LogP contribution in [-0.4, -0.2) is 50.6 Å². The van der Waals surface area contributed by atoms with E-state index in [4.69, 9.17) is 16.3 Å². The Hall–Kier alpha value is -0.690. The van der Waals surface area contributed by atoms with Crippen molar-refractivity contribution in [2.45, 2.75) is 17.7 Å². The molecule has 2 heterocycles. The first-order valence-corrected chi connectivity index (χ1v) is 9.28. The highest BCUT2D eigenvalue weighted by molar-refractivity contribution is 7.93. The van der Waals surface area contributed by atoms with Crippen molar-refractivity contribution < 1.29 is 17.5 Å². The number of hydrogen-bond acceptors (Lipinski definition) is 4. The number of halogens is 2. The van der Waals surface area contributed by atoms with Crippen LogP contribution >= 0.6 is 11.6 Å². The van der Waals surface area contributed by atoms with E-state index in [9.17, 15) is 12.8 Å². The van der Waals surface area contributed by atoms with Gasteiger partial charge in [-0.05, 0) is 24.1 Å². The largest absolute Gasteiger partial charge is 0.384 e. The highest BCUT2D eigenvalue weighted by Gasteiger charge is 2.61. The lowest BCUT2D eigenvalue weighted by Crippen LogP contribution is -2.67. The number of hydrogen-bond donors (Lipinski definition) is 0. The predicted molar refractivity (Wildman–Crippen MR) is 83.2 cm³/mol. The summed E-state index contributed by atoms with van der Waals surface area (Å²) in [4.78, 5) is 2.04. The minimum absolute atomic E-state index is 0.0562. The zero-order valence-corrected chi connectivity index (χ0v) is 14.0. The Morgan fingerprint density at radius 2 is 2.18 bits per heavy atom. The van der Waals surface area contributed by atoms with Gasteiger partial charge in [0, 0.05) is 32.7 Å². The van der Waals surface area contributed by atoms with Crippen LogP contribution in [0, 0.1) is 11.7 Å². The molecule has 122 valence electrons. The zero-order valence-electron chi connectivity index (χ0n) is 12.4. The Kier molecular flexibility index (Phi) is 4.22. The van der Waals surface area contributed by atoms with E-state index in [-0.39, 0.29) is 16.7 Å². The Balaban J connectivity index is 1.70. The molecule has 7 heteroatoms. The van der Waals surface area contributed by atoms with Crippen LogP contribution in [-0.2, 0) is 21.1 Å². The van der Waals surface area contributed by atoms with E-state index < -0.39 is 20.4 Å². The quantitative estimate of drug-likeness (QED) is 0.837. The molecule has 1 atom stereocenters. The van der Waals surface area contributed by atoms with Gasteiger partial charge in [0.05, 0.1) is 17.4 Å². The van der Waals surface area contributed by atoms with E-state index in [0.717, 1.165) is 5.56 Å². The molecule has 0 aliphatic carbocycles. The maximum atomic E-state index is 13.5. The summed E-state index contributed by atoms with van der Waals surface area (Å²) >= 11 is 5.67. The Morgan fingerprint density at radius 1 is 1.45 bits per heavy atom. The molecule has 2 fully saturated rings. The third-order valence-corrected chi connectivity index (χ3v) is 7.75. The van der Waals surface area contributed by atoms with Gasteiger partial charge in [0.25, 0.3) is 0 Å². The van der Waals surface area contributed by atoms with E-state index >= 15 is 0 Å². The monoisotopic (exact) mass is 347 g/mol. The van der Waals surface area contributed by atoms with Gasteiger partial charge in [-0.15, -0.1) is 0 Å². The number of methoxy groups -OCH3 is 1. The molecule has 0 N–H and O–H groups in total. The number of likely N-dealkylation sites (tertiary alicyclic amines) is 1. The number of nitrogens with zero attached hydrogens (tertiary/aromatic N) is 1. The molecule has 22 heavy (non-hydrogen) atoms. The van der Waals surface area contributed by atoms with Gasteiger partial charge in [0.1, 0.15) is 10.6 Å². The topological polar surface area (TPSA) is 46.6 Å². The molecule has 0 amide bonds. The molecule has 2 saturated heterocycles. The van der Waals surface area contributed by atoms with Crippen molar-refractivity contribution in [3.8, 4) is 0 Å². The predicted octanol–water partition coefficient (Wildman–Crippen LogP) is 2.11. The lowest BCUT2D eigenvalue weighted by Gasteiger charge is -2.50. The molecule has 1 aromatic carbocycles. The van der Waals surface area contributed by atoms with Gasteiger partial charge >= 0.3 is 0 Å². The molecule has 0 unspecified atom stereocenters. The minimum atomic E-state index is -3.08. The standard InChI is InChI=1S/C15H19ClFNO3S/c1-21-8-12-4-5-22(19,20)15(12)9-18(10-15)7-11-2-3-13(16)14(17)6-11/h2-3,6,12H,4-5,7-10H2,1H3/t12-/m0/s1. The van der Waals surface area contributed by atoms with Gasteiger partial charge in [-0.3, -0.25) is 4.90 Å². The van der Waals surface area contributed by atoms with Crippen molar-refractivity contribution in [2.24, 2.45) is 5.92 Å². The highest BCUT2D eigenvalue weighted by Crippen LogP contribution is 2.45. The molecule has 1 aromatic rings. The lowest BCUT2D eigenvalue weighted by molar-refractivity contribution is 0.0411. The van der Waals surface area contributed by atoms with Crippen molar-refractivity contribution in [3.05, 3.63) is 34.6 Å². The first kappa shape index (κ1) is 16.2. The molecule has 0 aromatic heterocycles. The Morgan fingerprint density at radius 3 is 2.82 bits per heavy atom. The first-order chi connectivity index (χ1) is 10.4. The summed E-state index contributed by atoms with van der Waals surface area (Å²) < 4.78 is 42.8. The van der Waals surface area contributed by atoms with Gasteiger partial charge in [-0.2, -0.15) is 0 Å². The third-order valence-electron chi connectivity index (χ3n) is 4.84. The summed E-state index contributed by atoms with van der Waals surface area (Å²) in [5.74, 6) is -0.148. The molecule has 1 spiro atoms. The summed E-state index contributed by atoms with van der Waals surface area (Å²) in [5, 5.41) is 0.0994. The summed E-state index contributed by atoms with van der Waals surface area (Å²) in [5.41, 5.74) is 0.801. The van der Waals surface area contributed by atoms with Crippen LogP contribution in [0.15, 0.2) is 18.2 Å². The number of rotatable bonds is 4. The average molecular weight is 348 g/mol. The van der Waals surface area contributed by atoms with Crippen LogP contribution in [0.5, 0.6) is 0 Å². The van der Waals surface area contributed by atoms with Crippen LogP contribution in [0.2, 0.25) is 5.02 Å². The smallest absolute Gasteiger partial charge is 0.158 e. The summed E-state index contributed by atoms with van der Waals surface area (Å²) in [7, 11) is -1.48. The van der Waals surface area contributed by atoms with Gasteiger partial charge in [0.2, 0.25) is 0 Å². The molecule has 2 aliphatic heterocycles. The summed E-state index contributed by atoms with van der Waals surface area (Å²) in [6.07, 6.45) is 0.666. The highest BCUT2D eigenvalue weighted by atomic mass is 35.5. The van der Waals surface area contributed by atoms with Crippen molar-refractivity contribution in [1.82, 2.24) is 4.90 Å². The van der Waals surface area contributed by atoms with Crippen molar-refractivity contribution in [3.63, 3.8) is 0 Å². The van der Waals surface area contributed by atoms with Crippen LogP contribution in [0.4, 0.5) is 4.39 Å². The van der Waals surface area contributed by atoms with Gasteiger partial charge < -0.3 is 4.74 Å². The van der Waals surface area contributed by atoms with E-state index in [2.05, 4.69) is 0 Å². The molecular weight excluding hydrogens is 329 g/mol. The molecule has 0 saturated carbocycles. The third kappa shape index (κ3) is 2.56. The van der Waals surface area contributed by atoms with E-state index in [1.807, 2.05) is 4.90 Å². The summed E-state index contributed by atoms with van der Waals surface area (Å²) in [6, 6.07) is 4.71. The van der Waals surface area contributed by atoms with Crippen molar-refractivity contribution >= 4 is 21.4 Å². The maximum Gasteiger partial charge on any atom is 0.158 e. The molecule has 3 rings (SSSR count). The maximum absolute atomic E-state index is 13.5. The molecule has 0 radical (unpaired) electrons. The fraction of sp³-hybridized carbons (Fsp3) is 0.600. The minimum Gasteiger partial charge on any atom is -0.384 e. The fourth-order valence-electron chi connectivity index (χ4n) is 3.63. The van der Waals surface area contributed by atoms with Crippen molar-refractivity contribution in [2.75, 3.05) is 32.6 Å². The molecule has 2 aliphatic rings. The first-order valence-electron chi connectivity index (χ1n) is 7.25. The van der Waals surface area contributed by atoms with Gasteiger partial charge in [-0.25, -0.2) is 12.8 Å². The van der Waals surface area contributed by atoms with Crippen LogP contribution < -0.4 is 0 Å². The second kappa shape index (κ2) is 5.74. The number of sulfone groups is 1. The molecular formula is C15H19ClFNO3S. The number of benzene rings is 1. The van der Waals surface area contributed by atoms with E-state index in [1.54, 1.807) is 13.2 Å². The lowest BCUT2D eigenvalue weighted by atomic mass is 9.83. The van der Waals surface area contributed by atoms with Crippen LogP contribution in [0.1, 0.15) is 12.0 Å². The second-order valence-electron chi connectivity index (χ2n) is 6.22. The van der Waals surface area contributed by atoms with Gasteiger partial charge in [0.15, 0.2) is 9.84 Å². The Bertz CT molecular complexity index is 673. The fourth-order valence-corrected chi connectivity index (χ4v) is 6.20. The normalized spacial score (nSPS) is 26.2. The van der Waals surface area contributed by atoms with Gasteiger partial charge in [-0.1, -0.05) is 17.7 Å². The Labute approximate surface area is 135 Å². The molecule has 0 bridgehead atoms. The summed E-state index contributed by atoms with van der Waals surface area (Å²) in [6.45, 7) is 1.99. The second-order valence-corrected chi connectivity index (χ2v) is 9.08. The van der Waals surface area contributed by atoms with Crippen LogP contribution in [0.25, 0.3) is 0 Å². The number of ether oxygens (including phenoxy) is 1.